The van der Waals surface area contributed by atoms with E-state index in [-0.39, 0.29) is 12.8 Å². The summed E-state index contributed by atoms with van der Waals surface area (Å²) in [5.74, 6) is -1.13. The van der Waals surface area contributed by atoms with Crippen LogP contribution in [0.15, 0.2) is 60.8 Å². The van der Waals surface area contributed by atoms with E-state index in [0.717, 1.165) is 64.2 Å². The minimum Gasteiger partial charge on any atom is -0.462 e. The van der Waals surface area contributed by atoms with Crippen molar-refractivity contribution in [3.8, 4) is 0 Å². The number of allylic oxidation sites excluding steroid dienone is 8. The first-order valence-electron chi connectivity index (χ1n) is 19.8. The van der Waals surface area contributed by atoms with Gasteiger partial charge in [-0.3, -0.25) is 14.1 Å². The van der Waals surface area contributed by atoms with Crippen LogP contribution in [0.1, 0.15) is 155 Å². The number of aliphatic hydroxyl groups excluding tert-OH is 2. The fourth-order valence-electron chi connectivity index (χ4n) is 5.17. The third-order valence-electron chi connectivity index (χ3n) is 8.22. The molecule has 0 bridgehead atoms. The van der Waals surface area contributed by atoms with E-state index in [1.807, 2.05) is 30.4 Å². The summed E-state index contributed by atoms with van der Waals surface area (Å²) in [7, 11) is -4.81. The average molecular weight is 755 g/mol. The molecule has 0 aliphatic rings. The van der Waals surface area contributed by atoms with Crippen LogP contribution in [0.5, 0.6) is 0 Å². The molecule has 0 aromatic heterocycles. The lowest BCUT2D eigenvalue weighted by Gasteiger charge is -2.18. The van der Waals surface area contributed by atoms with Gasteiger partial charge in [-0.1, -0.05) is 145 Å². The van der Waals surface area contributed by atoms with Gasteiger partial charge in [-0.25, -0.2) is 4.57 Å². The molecule has 0 aromatic carbocycles. The van der Waals surface area contributed by atoms with E-state index < -0.39 is 51.3 Å². The number of unbranched alkanes of at least 4 members (excludes halogenated alkanes) is 13. The normalized spacial score (nSPS) is 14.3. The number of esters is 2. The van der Waals surface area contributed by atoms with E-state index >= 15 is 0 Å². The summed E-state index contributed by atoms with van der Waals surface area (Å²) in [6.45, 7) is 3.36. The number of rotatable bonds is 35. The van der Waals surface area contributed by atoms with Gasteiger partial charge in [-0.05, 0) is 57.8 Å². The van der Waals surface area contributed by atoms with Crippen molar-refractivity contribution in [2.45, 2.75) is 173 Å². The Kier molecular flexibility index (Phi) is 34.1. The van der Waals surface area contributed by atoms with Gasteiger partial charge in [0.1, 0.15) is 6.61 Å². The van der Waals surface area contributed by atoms with E-state index in [1.54, 1.807) is 18.2 Å². The predicted octanol–water partition coefficient (Wildman–Crippen LogP) is 9.68. The molecule has 0 unspecified atom stereocenters. The molecule has 0 spiro atoms. The summed E-state index contributed by atoms with van der Waals surface area (Å²) in [5.41, 5.74) is 0. The maximum atomic E-state index is 12.4. The predicted molar refractivity (Wildman–Crippen MR) is 209 cm³/mol. The zero-order chi connectivity index (χ0) is 38.5. The van der Waals surface area contributed by atoms with Crippen molar-refractivity contribution in [2.24, 2.45) is 0 Å². The van der Waals surface area contributed by atoms with E-state index in [1.165, 1.54) is 38.5 Å². The standard InChI is InChI=1S/C41H71O10P/c1-3-5-7-8-9-10-11-12-13-14-15-16-20-23-27-33-41(45)51-39(36-50-52(46,47)48)35-49-40(44)34-28-32-38(43)31-26-22-19-17-18-21-25-30-37(42)29-24-6-4-2/h12-13,18-19,21-22,25-26,30-31,37-39,42-43H,3-11,14-17,20,23-24,27-29,32-36H2,1-2H3,(H2,46,47,48)/b13-12-,21-18-,22-19-,30-25+,31-26+/t37-,38-,39+/m0/s1. The monoisotopic (exact) mass is 754 g/mol. The van der Waals surface area contributed by atoms with Crippen LogP contribution in [0.25, 0.3) is 0 Å². The Morgan fingerprint density at radius 1 is 0.596 bits per heavy atom. The van der Waals surface area contributed by atoms with Gasteiger partial charge >= 0.3 is 19.8 Å². The molecule has 0 aliphatic carbocycles. The molecule has 3 atom stereocenters. The second-order valence-electron chi connectivity index (χ2n) is 13.3. The second kappa shape index (κ2) is 35.7. The van der Waals surface area contributed by atoms with Gasteiger partial charge in [-0.15, -0.1) is 0 Å². The minimum atomic E-state index is -4.81. The Hall–Kier alpha value is -2.33. The molecule has 0 saturated heterocycles. The number of ether oxygens (including phenoxy) is 2. The van der Waals surface area contributed by atoms with Crippen LogP contribution in [0.3, 0.4) is 0 Å². The van der Waals surface area contributed by atoms with Crippen molar-refractivity contribution >= 4 is 19.8 Å². The first kappa shape index (κ1) is 49.7. The molecule has 0 radical (unpaired) electrons. The Labute approximate surface area is 314 Å². The Balaban J connectivity index is 4.22. The summed E-state index contributed by atoms with van der Waals surface area (Å²) >= 11 is 0. The molecule has 300 valence electrons. The zero-order valence-corrected chi connectivity index (χ0v) is 33.1. The fourth-order valence-corrected chi connectivity index (χ4v) is 5.53. The quantitative estimate of drug-likeness (QED) is 0.0161. The van der Waals surface area contributed by atoms with E-state index in [4.69, 9.17) is 19.3 Å². The van der Waals surface area contributed by atoms with Gasteiger partial charge < -0.3 is 29.5 Å². The van der Waals surface area contributed by atoms with E-state index in [0.29, 0.717) is 25.7 Å². The van der Waals surface area contributed by atoms with Gasteiger partial charge in [0.05, 0.1) is 18.8 Å². The number of hydrogen-bond acceptors (Lipinski definition) is 8. The van der Waals surface area contributed by atoms with Gasteiger partial charge in [0, 0.05) is 12.8 Å². The Morgan fingerprint density at radius 2 is 1.10 bits per heavy atom. The van der Waals surface area contributed by atoms with Crippen LogP contribution in [-0.4, -0.2) is 63.5 Å². The topological polar surface area (TPSA) is 160 Å². The molecule has 4 N–H and O–H groups in total. The molecule has 10 nitrogen and oxygen atoms in total. The average Bonchev–Trinajstić information content (AvgIpc) is 3.10. The number of carbonyl (C=O) groups excluding carboxylic acids is 2. The van der Waals surface area contributed by atoms with Crippen LogP contribution in [-0.2, 0) is 28.2 Å². The largest absolute Gasteiger partial charge is 0.469 e. The molecule has 11 heteroatoms. The maximum Gasteiger partial charge on any atom is 0.469 e. The highest BCUT2D eigenvalue weighted by Crippen LogP contribution is 2.36. The van der Waals surface area contributed by atoms with Crippen molar-refractivity contribution in [2.75, 3.05) is 13.2 Å². The number of phosphoric ester groups is 1. The summed E-state index contributed by atoms with van der Waals surface area (Å²) in [6.07, 6.45) is 37.3. The van der Waals surface area contributed by atoms with Crippen LogP contribution in [0.4, 0.5) is 0 Å². The number of carbonyl (C=O) groups is 2. The second-order valence-corrected chi connectivity index (χ2v) is 14.5. The smallest absolute Gasteiger partial charge is 0.462 e. The van der Waals surface area contributed by atoms with Crippen molar-refractivity contribution in [3.63, 3.8) is 0 Å². The molecular formula is C41H71O10P. The van der Waals surface area contributed by atoms with Crippen molar-refractivity contribution < 1.29 is 48.2 Å². The third kappa shape index (κ3) is 37.4. The third-order valence-corrected chi connectivity index (χ3v) is 8.70. The summed E-state index contributed by atoms with van der Waals surface area (Å²) in [6, 6.07) is 0. The van der Waals surface area contributed by atoms with Gasteiger partial charge in [-0.2, -0.15) is 0 Å². The molecule has 0 saturated carbocycles. The fraction of sp³-hybridized carbons (Fsp3) is 0.707. The molecule has 0 rings (SSSR count). The summed E-state index contributed by atoms with van der Waals surface area (Å²) in [4.78, 5) is 42.8. The summed E-state index contributed by atoms with van der Waals surface area (Å²) in [5, 5.41) is 20.0. The molecule has 0 fully saturated rings. The number of aliphatic hydroxyl groups is 2. The first-order valence-corrected chi connectivity index (χ1v) is 21.3. The van der Waals surface area contributed by atoms with Crippen molar-refractivity contribution in [1.82, 2.24) is 0 Å². The SMILES string of the molecule is CCCCCCCC/C=C\CCCCCCCC(=O)O[C@H](COC(=O)CCC[C@@H](O)/C=C/C=C\C/C=C\C=C\[C@@H](O)CCCCC)COP(=O)(O)O. The van der Waals surface area contributed by atoms with Crippen LogP contribution >= 0.6 is 7.82 Å². The highest BCUT2D eigenvalue weighted by molar-refractivity contribution is 7.46. The number of hydrogen-bond donors (Lipinski definition) is 4. The molecule has 0 aliphatic heterocycles. The molecule has 0 amide bonds. The maximum absolute atomic E-state index is 12.4. The zero-order valence-electron chi connectivity index (χ0n) is 32.2. The van der Waals surface area contributed by atoms with Crippen LogP contribution < -0.4 is 0 Å². The minimum absolute atomic E-state index is 0.0152. The highest BCUT2D eigenvalue weighted by atomic mass is 31.2. The number of phosphoric acid groups is 1. The molecular weight excluding hydrogens is 683 g/mol. The molecule has 0 heterocycles. The summed E-state index contributed by atoms with van der Waals surface area (Å²) < 4.78 is 26.2. The Bertz CT molecular complexity index is 1060. The van der Waals surface area contributed by atoms with Crippen molar-refractivity contribution in [3.05, 3.63) is 60.8 Å². The molecule has 52 heavy (non-hydrogen) atoms. The first-order chi connectivity index (χ1) is 25.1. The van der Waals surface area contributed by atoms with Gasteiger partial charge in [0.15, 0.2) is 6.10 Å². The Morgan fingerprint density at radius 3 is 1.67 bits per heavy atom. The lowest BCUT2D eigenvalue weighted by molar-refractivity contribution is -0.161. The van der Waals surface area contributed by atoms with Crippen LogP contribution in [0.2, 0.25) is 0 Å². The van der Waals surface area contributed by atoms with Crippen molar-refractivity contribution in [1.29, 1.82) is 0 Å². The lowest BCUT2D eigenvalue weighted by Crippen LogP contribution is -2.29. The molecule has 0 aromatic rings. The van der Waals surface area contributed by atoms with Gasteiger partial charge in [0.25, 0.3) is 0 Å². The van der Waals surface area contributed by atoms with E-state index in [9.17, 15) is 24.4 Å². The van der Waals surface area contributed by atoms with E-state index in [2.05, 4.69) is 30.5 Å². The van der Waals surface area contributed by atoms with Crippen LogP contribution in [0, 0.1) is 0 Å². The highest BCUT2D eigenvalue weighted by Gasteiger charge is 2.23. The van der Waals surface area contributed by atoms with Gasteiger partial charge in [0.2, 0.25) is 0 Å². The lowest BCUT2D eigenvalue weighted by atomic mass is 10.1.